The van der Waals surface area contributed by atoms with Crippen molar-refractivity contribution in [2.45, 2.75) is 26.1 Å². The first-order valence-electron chi connectivity index (χ1n) is 6.99. The van der Waals surface area contributed by atoms with Gasteiger partial charge in [-0.1, -0.05) is 0 Å². The minimum atomic E-state index is -0.315. The van der Waals surface area contributed by atoms with Crippen LogP contribution in [0.3, 0.4) is 0 Å². The number of nitrogens with zero attached hydrogens (tertiary/aromatic N) is 3. The van der Waals surface area contributed by atoms with Crippen molar-refractivity contribution < 1.29 is 9.66 Å². The molecule has 1 saturated heterocycles. The fourth-order valence-electron chi connectivity index (χ4n) is 2.95. The normalized spacial score (nSPS) is 22.5. The highest BCUT2D eigenvalue weighted by Crippen LogP contribution is 2.36. The topological polar surface area (TPSA) is 68.5 Å². The summed E-state index contributed by atoms with van der Waals surface area (Å²) in [4.78, 5) is 17.5. The molecule has 2 heterocycles. The number of pyridine rings is 1. The number of benzene rings is 1. The maximum atomic E-state index is 11.6. The lowest BCUT2D eigenvalue weighted by Gasteiger charge is -2.36. The van der Waals surface area contributed by atoms with Gasteiger partial charge >= 0.3 is 5.69 Å². The third kappa shape index (κ3) is 2.54. The molecule has 0 spiro atoms. The van der Waals surface area contributed by atoms with Crippen molar-refractivity contribution in [3.05, 3.63) is 40.6 Å². The first-order valence-corrected chi connectivity index (χ1v) is 6.99. The van der Waals surface area contributed by atoms with Crippen molar-refractivity contribution in [3.63, 3.8) is 0 Å². The molecule has 110 valence electrons. The van der Waals surface area contributed by atoms with E-state index in [4.69, 9.17) is 4.74 Å². The highest BCUT2D eigenvalue weighted by atomic mass is 16.6. The number of nitro benzene ring substituents is 1. The van der Waals surface area contributed by atoms with Crippen LogP contribution in [0, 0.1) is 10.1 Å². The average Bonchev–Trinajstić information content (AvgIpc) is 2.44. The van der Waals surface area contributed by atoms with Crippen molar-refractivity contribution in [3.8, 4) is 0 Å². The first kappa shape index (κ1) is 13.8. The lowest BCUT2D eigenvalue weighted by atomic mass is 10.1. The predicted molar refractivity (Wildman–Crippen MR) is 80.6 cm³/mol. The van der Waals surface area contributed by atoms with Crippen molar-refractivity contribution in [2.75, 3.05) is 18.0 Å². The number of hydrogen-bond acceptors (Lipinski definition) is 5. The van der Waals surface area contributed by atoms with Crippen LogP contribution in [0.5, 0.6) is 0 Å². The summed E-state index contributed by atoms with van der Waals surface area (Å²) >= 11 is 0. The minimum absolute atomic E-state index is 0.0537. The van der Waals surface area contributed by atoms with Crippen LogP contribution in [0.2, 0.25) is 0 Å². The van der Waals surface area contributed by atoms with Gasteiger partial charge < -0.3 is 9.64 Å². The van der Waals surface area contributed by atoms with Crippen LogP contribution in [-0.2, 0) is 4.74 Å². The lowest BCUT2D eigenvalue weighted by Crippen LogP contribution is -2.45. The molecule has 1 aromatic heterocycles. The predicted octanol–water partition coefficient (Wildman–Crippen LogP) is 2.76. The Morgan fingerprint density at radius 2 is 2.00 bits per heavy atom. The van der Waals surface area contributed by atoms with Gasteiger partial charge in [0.2, 0.25) is 0 Å². The lowest BCUT2D eigenvalue weighted by molar-refractivity contribution is -0.382. The van der Waals surface area contributed by atoms with E-state index in [0.717, 1.165) is 0 Å². The Bertz CT molecular complexity index is 679. The summed E-state index contributed by atoms with van der Waals surface area (Å²) in [6.07, 6.45) is 1.75. The van der Waals surface area contributed by atoms with Gasteiger partial charge in [-0.15, -0.1) is 0 Å². The van der Waals surface area contributed by atoms with Crippen molar-refractivity contribution in [1.29, 1.82) is 0 Å². The van der Waals surface area contributed by atoms with E-state index < -0.39 is 0 Å². The summed E-state index contributed by atoms with van der Waals surface area (Å²) in [5.74, 6) is 0. The van der Waals surface area contributed by atoms with Crippen LogP contribution in [0.4, 0.5) is 11.4 Å². The molecule has 0 aliphatic carbocycles. The zero-order chi connectivity index (χ0) is 15.0. The molecular formula is C15H17N3O3. The standard InChI is InChI=1S/C15H17N3O3/c1-10-8-17(9-11(2)21-10)14-6-5-13-12(4-3-7-16-13)15(14)18(19)20/h3-7,10-11H,8-9H2,1-2H3. The molecule has 1 aliphatic heterocycles. The van der Waals surface area contributed by atoms with E-state index in [-0.39, 0.29) is 22.8 Å². The Kier molecular flexibility index (Phi) is 3.47. The van der Waals surface area contributed by atoms with Crippen molar-refractivity contribution in [1.82, 2.24) is 4.98 Å². The van der Waals surface area contributed by atoms with Gasteiger partial charge in [-0.3, -0.25) is 15.1 Å². The molecule has 2 aromatic rings. The van der Waals surface area contributed by atoms with Crippen molar-refractivity contribution >= 4 is 22.3 Å². The number of aromatic nitrogens is 1. The fourth-order valence-corrected chi connectivity index (χ4v) is 2.95. The molecule has 1 fully saturated rings. The van der Waals surface area contributed by atoms with Crippen molar-refractivity contribution in [2.24, 2.45) is 0 Å². The molecule has 0 saturated carbocycles. The van der Waals surface area contributed by atoms with E-state index in [0.29, 0.717) is 29.7 Å². The average molecular weight is 287 g/mol. The van der Waals surface area contributed by atoms with Crippen LogP contribution < -0.4 is 4.90 Å². The molecule has 1 aromatic carbocycles. The molecule has 0 amide bonds. The number of morpholine rings is 1. The van der Waals surface area contributed by atoms with Gasteiger partial charge in [0.25, 0.3) is 0 Å². The molecule has 3 rings (SSSR count). The Balaban J connectivity index is 2.13. The third-order valence-electron chi connectivity index (χ3n) is 3.68. The summed E-state index contributed by atoms with van der Waals surface area (Å²) in [6.45, 7) is 5.27. The second kappa shape index (κ2) is 5.29. The highest BCUT2D eigenvalue weighted by molar-refractivity contribution is 5.94. The van der Waals surface area contributed by atoms with Crippen LogP contribution in [0.15, 0.2) is 30.5 Å². The maximum Gasteiger partial charge on any atom is 0.301 e. The zero-order valence-corrected chi connectivity index (χ0v) is 12.0. The molecular weight excluding hydrogens is 270 g/mol. The molecule has 2 unspecified atom stereocenters. The molecule has 21 heavy (non-hydrogen) atoms. The Hall–Kier alpha value is -2.21. The molecule has 0 N–H and O–H groups in total. The van der Waals surface area contributed by atoms with E-state index in [1.54, 1.807) is 24.4 Å². The number of anilines is 1. The summed E-state index contributed by atoms with van der Waals surface area (Å²) in [7, 11) is 0. The van der Waals surface area contributed by atoms with Gasteiger partial charge in [-0.25, -0.2) is 0 Å². The smallest absolute Gasteiger partial charge is 0.301 e. The van der Waals surface area contributed by atoms with Gasteiger partial charge in [0.05, 0.1) is 28.0 Å². The second-order valence-electron chi connectivity index (χ2n) is 5.42. The SMILES string of the molecule is CC1CN(c2ccc3ncccc3c2[N+](=O)[O-])CC(C)O1. The Morgan fingerprint density at radius 3 is 2.67 bits per heavy atom. The number of ether oxygens (including phenoxy) is 1. The van der Waals surface area contributed by atoms with Crippen LogP contribution >= 0.6 is 0 Å². The minimum Gasteiger partial charge on any atom is -0.372 e. The Morgan fingerprint density at radius 1 is 1.29 bits per heavy atom. The molecule has 6 heteroatoms. The number of fused-ring (bicyclic) bond motifs is 1. The first-order chi connectivity index (χ1) is 10.1. The third-order valence-corrected chi connectivity index (χ3v) is 3.68. The second-order valence-corrected chi connectivity index (χ2v) is 5.42. The number of hydrogen-bond donors (Lipinski definition) is 0. The quantitative estimate of drug-likeness (QED) is 0.627. The number of rotatable bonds is 2. The van der Waals surface area contributed by atoms with E-state index in [9.17, 15) is 10.1 Å². The molecule has 1 aliphatic rings. The van der Waals surface area contributed by atoms with Gasteiger partial charge in [0.1, 0.15) is 5.69 Å². The molecule has 0 radical (unpaired) electrons. The molecule has 0 bridgehead atoms. The van der Waals surface area contributed by atoms with Crippen LogP contribution in [0.1, 0.15) is 13.8 Å². The van der Waals surface area contributed by atoms with Gasteiger partial charge in [0.15, 0.2) is 0 Å². The van der Waals surface area contributed by atoms with Crippen LogP contribution in [-0.4, -0.2) is 35.2 Å². The van der Waals surface area contributed by atoms with E-state index in [1.165, 1.54) is 0 Å². The summed E-state index contributed by atoms with van der Waals surface area (Å²) < 4.78 is 5.70. The zero-order valence-electron chi connectivity index (χ0n) is 12.0. The fraction of sp³-hybridized carbons (Fsp3) is 0.400. The van der Waals surface area contributed by atoms with E-state index in [2.05, 4.69) is 4.98 Å². The number of nitro groups is 1. The Labute approximate surface area is 122 Å². The van der Waals surface area contributed by atoms with Gasteiger partial charge in [-0.2, -0.15) is 0 Å². The van der Waals surface area contributed by atoms with E-state index in [1.807, 2.05) is 24.8 Å². The summed E-state index contributed by atoms with van der Waals surface area (Å²) in [6, 6.07) is 7.10. The summed E-state index contributed by atoms with van der Waals surface area (Å²) in [5, 5.41) is 12.1. The van der Waals surface area contributed by atoms with Gasteiger partial charge in [0, 0.05) is 19.3 Å². The van der Waals surface area contributed by atoms with E-state index >= 15 is 0 Å². The van der Waals surface area contributed by atoms with Gasteiger partial charge in [-0.05, 0) is 38.1 Å². The molecule has 6 nitrogen and oxygen atoms in total. The summed E-state index contributed by atoms with van der Waals surface area (Å²) in [5.41, 5.74) is 1.41. The molecule has 2 atom stereocenters. The van der Waals surface area contributed by atoms with Crippen LogP contribution in [0.25, 0.3) is 10.9 Å². The monoisotopic (exact) mass is 287 g/mol. The maximum absolute atomic E-state index is 11.6. The highest BCUT2D eigenvalue weighted by Gasteiger charge is 2.28. The largest absolute Gasteiger partial charge is 0.372 e.